The first-order chi connectivity index (χ1) is 36.2. The fourth-order valence-electron chi connectivity index (χ4n) is 9.37. The Hall–Kier alpha value is -9.10. The zero-order chi connectivity index (χ0) is 50.5. The van der Waals surface area contributed by atoms with Gasteiger partial charge in [-0.2, -0.15) is 0 Å². The van der Waals surface area contributed by atoms with Crippen molar-refractivity contribution in [2.24, 2.45) is 0 Å². The zero-order valence-corrected chi connectivity index (χ0v) is 41.9. The average molecular weight is 1000 g/mol. The van der Waals surface area contributed by atoms with Gasteiger partial charge in [0.05, 0.1) is 23.3 Å². The summed E-state index contributed by atoms with van der Waals surface area (Å²) in [6.07, 6.45) is 0.732. The summed E-state index contributed by atoms with van der Waals surface area (Å²) < 4.78 is 27.6. The van der Waals surface area contributed by atoms with E-state index in [0.717, 1.165) is 107 Å². The molecule has 0 saturated carbocycles. The molecule has 0 fully saturated rings. The Labute approximate surface area is 434 Å². The van der Waals surface area contributed by atoms with E-state index in [0.29, 0.717) is 63.1 Å². The quantitative estimate of drug-likeness (QED) is 0.142. The molecule has 0 aliphatic carbocycles. The number of aromatic nitrogens is 8. The van der Waals surface area contributed by atoms with Crippen molar-refractivity contribution in [3.63, 3.8) is 0 Å². The second-order valence-corrected chi connectivity index (χ2v) is 18.2. The Bertz CT molecular complexity index is 3960. The third kappa shape index (κ3) is 8.65. The maximum absolute atomic E-state index is 8.19. The van der Waals surface area contributed by atoms with Gasteiger partial charge in [-0.05, 0) is 168 Å². The summed E-state index contributed by atoms with van der Waals surface area (Å²) in [6, 6.07) is 56.2. The molecule has 13 heteroatoms. The first-order valence-corrected chi connectivity index (χ1v) is 24.5. The van der Waals surface area contributed by atoms with E-state index in [1.165, 1.54) is 11.1 Å². The molecule has 355 valence electrons. The molecule has 8 aromatic carbocycles. The molecule has 11 aromatic rings. The first-order valence-electron chi connectivity index (χ1n) is 24.0. The van der Waals surface area contributed by atoms with E-state index in [4.69, 9.17) is 57.8 Å². The van der Waals surface area contributed by atoms with Gasteiger partial charge in [-0.1, -0.05) is 91.0 Å². The van der Waals surface area contributed by atoms with E-state index in [1.807, 2.05) is 148 Å². The molecule has 8 bridgehead atoms. The van der Waals surface area contributed by atoms with Crippen LogP contribution in [0.4, 0.5) is 0 Å². The topological polar surface area (TPSA) is 150 Å². The first kappa shape index (κ1) is 46.0. The van der Waals surface area contributed by atoms with Crippen LogP contribution in [0.5, 0.6) is 34.5 Å². The van der Waals surface area contributed by atoms with Gasteiger partial charge < -0.3 is 44.1 Å². The molecule has 2 aliphatic rings. The fraction of sp³-hybridized carbons (Fsp3) is 0.0820. The van der Waals surface area contributed by atoms with E-state index in [1.54, 1.807) is 0 Å². The van der Waals surface area contributed by atoms with E-state index in [-0.39, 0.29) is 0 Å². The van der Waals surface area contributed by atoms with E-state index in [2.05, 4.69) is 49.4 Å². The molecule has 13 rings (SSSR count). The Balaban J connectivity index is 0.00000275. The monoisotopic (exact) mass is 1000 g/mol. The number of benzene rings is 8. The molecule has 2 aliphatic heterocycles. The average Bonchev–Trinajstić information content (AvgIpc) is 4.15. The zero-order valence-electron chi connectivity index (χ0n) is 40.5. The Morgan fingerprint density at radius 2 is 0.743 bits per heavy atom. The molecule has 0 atom stereocenters. The van der Waals surface area contributed by atoms with Crippen LogP contribution in [0.25, 0.3) is 89.7 Å². The van der Waals surface area contributed by atoms with Crippen molar-refractivity contribution in [2.45, 2.75) is 34.1 Å². The van der Waals surface area contributed by atoms with Crippen LogP contribution in [0.3, 0.4) is 0 Å². The van der Waals surface area contributed by atoms with Gasteiger partial charge in [-0.15, -0.1) is 0 Å². The summed E-state index contributed by atoms with van der Waals surface area (Å²) in [7, 11) is 0. The number of rotatable bonds is 8. The van der Waals surface area contributed by atoms with Crippen LogP contribution in [-0.4, -0.2) is 29.9 Å². The summed E-state index contributed by atoms with van der Waals surface area (Å²) in [4.78, 5) is 41.8. The normalized spacial score (nSPS) is 11.4. The number of ether oxygens (including phenoxy) is 3. The third-order valence-electron chi connectivity index (χ3n) is 13.3. The Morgan fingerprint density at radius 3 is 1.22 bits per heavy atom. The van der Waals surface area contributed by atoms with Gasteiger partial charge in [0.2, 0.25) is 0 Å². The van der Waals surface area contributed by atoms with E-state index < -0.39 is 0 Å². The van der Waals surface area contributed by atoms with Crippen molar-refractivity contribution in [3.8, 4) is 80.0 Å². The molecule has 0 spiro atoms. The van der Waals surface area contributed by atoms with E-state index in [9.17, 15) is 0 Å². The van der Waals surface area contributed by atoms with Gasteiger partial charge in [0.1, 0.15) is 34.5 Å². The number of aryl methyl sites for hydroxylation is 4. The summed E-state index contributed by atoms with van der Waals surface area (Å²) in [5, 5.41) is 3.12. The van der Waals surface area contributed by atoms with Crippen molar-refractivity contribution in [3.05, 3.63) is 203 Å². The van der Waals surface area contributed by atoms with Crippen molar-refractivity contribution in [1.29, 1.82) is 0 Å². The minimum atomic E-state index is 0.405. The summed E-state index contributed by atoms with van der Waals surface area (Å²) in [6.45, 7) is 8.21. The second kappa shape index (κ2) is 19.2. The van der Waals surface area contributed by atoms with Crippen LogP contribution in [0, 0.1) is 27.7 Å². The fourth-order valence-corrected chi connectivity index (χ4v) is 9.37. The van der Waals surface area contributed by atoms with Gasteiger partial charge in [0.25, 0.3) is 0 Å². The molecule has 0 N–H and O–H groups in total. The number of para-hydroxylation sites is 3. The van der Waals surface area contributed by atoms with Crippen molar-refractivity contribution in [1.82, 2.24) is 39.9 Å². The standard InChI is InChI=1S/C61H42N8O3.O.V/c1-34-13-5-9-17-39(34)29-38-21-25-43-47(30-38)58-62-54(43)64-59-49-32-41(71-52-19-11-7-15-36(52)3)23-27-45(49)56(66-59)68-61-50-33-42(72-53-20-12-8-16-37(53)4)24-28-46(50)57(69-61)67-60-48-31-40(22-26-44(48)55(63-58)65-60)70-51-18-10-6-14-35(51)2;;/h5-28,30-33H,29H2,1-4H3;;/q-2;;+2. The van der Waals surface area contributed by atoms with Crippen LogP contribution >= 0.6 is 0 Å². The molecule has 0 unspecified atom stereocenters. The molecular weight excluding hydrogens is 960 g/mol. The molecule has 3 aromatic heterocycles. The molecule has 74 heavy (non-hydrogen) atoms. The predicted octanol–water partition coefficient (Wildman–Crippen LogP) is 14.2. The van der Waals surface area contributed by atoms with Crippen molar-refractivity contribution in [2.75, 3.05) is 0 Å². The van der Waals surface area contributed by atoms with Crippen molar-refractivity contribution >= 4 is 44.1 Å². The van der Waals surface area contributed by atoms with Gasteiger partial charge in [-0.25, -0.2) is 9.97 Å². The van der Waals surface area contributed by atoms with E-state index >= 15 is 0 Å². The Morgan fingerprint density at radius 1 is 0.365 bits per heavy atom. The van der Waals surface area contributed by atoms with Crippen LogP contribution < -0.4 is 24.2 Å². The summed E-state index contributed by atoms with van der Waals surface area (Å²) in [5.74, 6) is 5.83. The minimum absolute atomic E-state index is 0.405. The number of fused-ring (bicyclic) bond motifs is 20. The van der Waals surface area contributed by atoms with Gasteiger partial charge in [0.15, 0.2) is 0 Å². The van der Waals surface area contributed by atoms with Crippen LogP contribution in [0.1, 0.15) is 33.4 Å². The molecule has 12 nitrogen and oxygen atoms in total. The van der Waals surface area contributed by atoms with Gasteiger partial charge >= 0.3 is 21.0 Å². The SMILES string of the molecule is Cc1ccccc1Cc1ccc2c3nc4nc(nc5[n-]c(nc6nc(nc([n-]3)c2c1)-c1ccc(Oc2ccccc2C)cc1-6)c1ccc(Oc2ccccc2C)cc51)-c1ccc(Oc2ccccc2C)cc1-4.[O]=[V+2]. The third-order valence-corrected chi connectivity index (χ3v) is 13.3. The predicted molar refractivity (Wildman–Crippen MR) is 282 cm³/mol. The summed E-state index contributed by atoms with van der Waals surface area (Å²) >= 11 is 1.06. The van der Waals surface area contributed by atoms with Gasteiger partial charge in [0, 0.05) is 44.8 Å². The number of hydrogen-bond acceptors (Lipinski definition) is 10. The molecule has 0 amide bonds. The van der Waals surface area contributed by atoms with Crippen LogP contribution in [0.15, 0.2) is 170 Å². The summed E-state index contributed by atoms with van der Waals surface area (Å²) in [5.41, 5.74) is 11.4. The molecular formula is C61H42N8O4V. The Kier molecular flexibility index (Phi) is 11.9. The van der Waals surface area contributed by atoms with Crippen LogP contribution in [-0.2, 0) is 27.5 Å². The van der Waals surface area contributed by atoms with Crippen molar-refractivity contribution < 1.29 is 35.3 Å². The molecule has 0 radical (unpaired) electrons. The second-order valence-electron chi connectivity index (χ2n) is 18.2. The maximum atomic E-state index is 8.19. The number of nitrogens with zero attached hydrogens (tertiary/aromatic N) is 8. The molecule has 5 heterocycles. The van der Waals surface area contributed by atoms with Gasteiger partial charge in [-0.3, -0.25) is 0 Å². The molecule has 0 saturated heterocycles. The van der Waals surface area contributed by atoms with Crippen LogP contribution in [0.2, 0.25) is 0 Å². The number of hydrogen-bond donors (Lipinski definition) is 0.